The molecule has 2 N–H and O–H groups in total. The van der Waals surface area contributed by atoms with E-state index in [0.29, 0.717) is 58.5 Å². The van der Waals surface area contributed by atoms with Gasteiger partial charge in [0.15, 0.2) is 0 Å². The Morgan fingerprint density at radius 2 is 1.88 bits per heavy atom. The maximum absolute atomic E-state index is 13.1. The van der Waals surface area contributed by atoms with E-state index in [1.807, 2.05) is 4.90 Å². The van der Waals surface area contributed by atoms with Gasteiger partial charge in [-0.05, 0) is 37.8 Å². The van der Waals surface area contributed by atoms with Gasteiger partial charge in [-0.25, -0.2) is 17.9 Å². The van der Waals surface area contributed by atoms with Crippen LogP contribution in [-0.4, -0.2) is 93.3 Å². The van der Waals surface area contributed by atoms with Crippen molar-refractivity contribution in [3.63, 3.8) is 0 Å². The normalized spacial score (nSPS) is 29.6. The summed E-state index contributed by atoms with van der Waals surface area (Å²) in [6.45, 7) is 2.60. The largest absolute Gasteiger partial charge is 0.373 e. The van der Waals surface area contributed by atoms with Gasteiger partial charge < -0.3 is 24.6 Å². The van der Waals surface area contributed by atoms with E-state index in [1.165, 1.54) is 0 Å². The molecule has 0 radical (unpaired) electrons. The Morgan fingerprint density at radius 1 is 1.12 bits per heavy atom. The van der Waals surface area contributed by atoms with Crippen LogP contribution in [0.4, 0.5) is 4.79 Å². The number of urea groups is 1. The molecule has 4 fully saturated rings. The lowest BCUT2D eigenvalue weighted by Crippen LogP contribution is -2.63. The maximum Gasteiger partial charge on any atom is 0.320 e. The minimum Gasteiger partial charge on any atom is -0.373 e. The number of amides is 3. The first-order chi connectivity index (χ1) is 15.8. The van der Waals surface area contributed by atoms with Crippen molar-refractivity contribution in [1.29, 1.82) is 0 Å². The number of carbonyl (C=O) groups excluding carboxylic acids is 2. The number of sulfonamides is 1. The van der Waals surface area contributed by atoms with Crippen LogP contribution < -0.4 is 10.0 Å². The van der Waals surface area contributed by atoms with Crippen molar-refractivity contribution in [2.24, 2.45) is 0 Å². The first kappa shape index (κ1) is 22.6. The number of hydrogen-bond acceptors (Lipinski definition) is 6. The summed E-state index contributed by atoms with van der Waals surface area (Å²) in [5.41, 5.74) is -0.404. The Balaban J connectivity index is 1.14. The summed E-state index contributed by atoms with van der Waals surface area (Å²) in [5, 5.41) is 2.93. The zero-order chi connectivity index (χ0) is 23.1. The van der Waals surface area contributed by atoms with E-state index in [-0.39, 0.29) is 41.6 Å². The van der Waals surface area contributed by atoms with Crippen molar-refractivity contribution in [2.45, 2.75) is 54.4 Å². The predicted molar refractivity (Wildman–Crippen MR) is 118 cm³/mol. The van der Waals surface area contributed by atoms with Crippen molar-refractivity contribution in [3.8, 4) is 0 Å². The molecule has 1 aromatic rings. The van der Waals surface area contributed by atoms with Crippen LogP contribution in [0.25, 0.3) is 0 Å². The molecule has 4 saturated heterocycles. The molecule has 3 amide bonds. The number of hydrogen-bond donors (Lipinski definition) is 2. The van der Waals surface area contributed by atoms with Crippen molar-refractivity contribution in [1.82, 2.24) is 19.8 Å². The van der Waals surface area contributed by atoms with Gasteiger partial charge in [-0.3, -0.25) is 4.79 Å². The zero-order valence-electron chi connectivity index (χ0n) is 18.4. The Labute approximate surface area is 193 Å². The van der Waals surface area contributed by atoms with Crippen LogP contribution in [0.1, 0.15) is 25.7 Å². The summed E-state index contributed by atoms with van der Waals surface area (Å²) in [5.74, 6) is -0.138. The summed E-state index contributed by atoms with van der Waals surface area (Å²) in [6, 6.07) is 7.86. The minimum absolute atomic E-state index is 0.0255. The fraction of sp³-hybridized carbons (Fsp3) is 0.636. The Kier molecular flexibility index (Phi) is 6.06. The van der Waals surface area contributed by atoms with Gasteiger partial charge in [0.1, 0.15) is 6.61 Å². The number of nitrogens with zero attached hydrogens (tertiary/aromatic N) is 2. The molecular weight excluding hydrogens is 448 g/mol. The number of nitrogens with one attached hydrogen (secondary N) is 2. The number of carbonyl (C=O) groups is 2. The van der Waals surface area contributed by atoms with E-state index in [1.54, 1.807) is 35.2 Å². The summed E-state index contributed by atoms with van der Waals surface area (Å²) in [4.78, 5) is 28.6. The highest BCUT2D eigenvalue weighted by Crippen LogP contribution is 2.36. The van der Waals surface area contributed by atoms with Gasteiger partial charge in [0.2, 0.25) is 15.9 Å². The summed E-state index contributed by atoms with van der Waals surface area (Å²) >= 11 is 0. The quantitative estimate of drug-likeness (QED) is 0.645. The van der Waals surface area contributed by atoms with Gasteiger partial charge in [-0.2, -0.15) is 0 Å². The zero-order valence-corrected chi connectivity index (χ0v) is 19.3. The third-order valence-electron chi connectivity index (χ3n) is 7.12. The Hall–Kier alpha value is -2.21. The maximum atomic E-state index is 13.1. The number of fused-ring (bicyclic) bond motifs is 1. The molecule has 5 rings (SSSR count). The first-order valence-electron chi connectivity index (χ1n) is 11.5. The molecule has 4 heterocycles. The minimum atomic E-state index is -3.59. The molecule has 4 aliphatic heterocycles. The average Bonchev–Trinajstić information content (AvgIpc) is 3.20. The topological polar surface area (TPSA) is 117 Å². The molecule has 0 saturated carbocycles. The van der Waals surface area contributed by atoms with Crippen molar-refractivity contribution < 1.29 is 27.5 Å². The molecule has 33 heavy (non-hydrogen) atoms. The molecule has 1 aromatic carbocycles. The van der Waals surface area contributed by atoms with E-state index >= 15 is 0 Å². The molecule has 0 aliphatic carbocycles. The molecule has 0 aromatic heterocycles. The van der Waals surface area contributed by atoms with E-state index in [9.17, 15) is 18.0 Å². The second-order valence-electron chi connectivity index (χ2n) is 9.36. The van der Waals surface area contributed by atoms with Gasteiger partial charge in [-0.1, -0.05) is 18.2 Å². The van der Waals surface area contributed by atoms with Crippen LogP contribution >= 0.6 is 0 Å². The molecule has 3 atom stereocenters. The molecule has 0 bridgehead atoms. The monoisotopic (exact) mass is 478 g/mol. The van der Waals surface area contributed by atoms with E-state index in [0.717, 1.165) is 0 Å². The lowest BCUT2D eigenvalue weighted by molar-refractivity contribution is -0.139. The lowest BCUT2D eigenvalue weighted by Gasteiger charge is -2.44. The Morgan fingerprint density at radius 3 is 2.64 bits per heavy atom. The number of rotatable bonds is 3. The molecule has 180 valence electrons. The number of morpholine rings is 1. The molecule has 11 heteroatoms. The van der Waals surface area contributed by atoms with Crippen LogP contribution in [-0.2, 0) is 24.3 Å². The smallest absolute Gasteiger partial charge is 0.320 e. The van der Waals surface area contributed by atoms with Gasteiger partial charge >= 0.3 is 6.03 Å². The van der Waals surface area contributed by atoms with Crippen LogP contribution in [0, 0.1) is 0 Å². The summed E-state index contributed by atoms with van der Waals surface area (Å²) < 4.78 is 39.7. The van der Waals surface area contributed by atoms with Gasteiger partial charge in [0.05, 0.1) is 29.2 Å². The standard InChI is InChI=1S/C22H30N4O6S/c27-20-15-31-19-6-9-26(13-18(19)23-20)21(28)25-10-7-22(8-11-25)12-16(14-32-22)24-33(29,30)17-4-2-1-3-5-17/h1-5,16,18-19,24H,6-15H2,(H,23,27)/t16-,18+,19-/m0/s1. The van der Waals surface area contributed by atoms with Crippen molar-refractivity contribution in [2.75, 3.05) is 39.4 Å². The van der Waals surface area contributed by atoms with Crippen LogP contribution in [0.3, 0.4) is 0 Å². The second-order valence-corrected chi connectivity index (χ2v) is 11.1. The van der Waals surface area contributed by atoms with Gasteiger partial charge in [-0.15, -0.1) is 0 Å². The van der Waals surface area contributed by atoms with Crippen molar-refractivity contribution in [3.05, 3.63) is 30.3 Å². The number of likely N-dealkylation sites (tertiary alicyclic amines) is 2. The first-order valence-corrected chi connectivity index (χ1v) is 13.0. The Bertz CT molecular complexity index is 995. The number of benzene rings is 1. The average molecular weight is 479 g/mol. The summed E-state index contributed by atoms with van der Waals surface area (Å²) in [6.07, 6.45) is 2.61. The van der Waals surface area contributed by atoms with E-state index < -0.39 is 15.6 Å². The third-order valence-corrected chi connectivity index (χ3v) is 8.66. The summed E-state index contributed by atoms with van der Waals surface area (Å²) in [7, 11) is -3.59. The number of ether oxygens (including phenoxy) is 2. The highest BCUT2D eigenvalue weighted by atomic mass is 32.2. The van der Waals surface area contributed by atoms with Crippen LogP contribution in [0.2, 0.25) is 0 Å². The molecule has 0 unspecified atom stereocenters. The third kappa shape index (κ3) is 4.72. The SMILES string of the molecule is O=C1CO[C@H]2CCN(C(=O)N3CCC4(CC3)C[C@H](NS(=O)(=O)c3ccccc3)CO4)C[C@H]2N1. The fourth-order valence-corrected chi connectivity index (χ4v) is 6.58. The highest BCUT2D eigenvalue weighted by Gasteiger charge is 2.45. The van der Waals surface area contributed by atoms with Crippen molar-refractivity contribution >= 4 is 22.0 Å². The predicted octanol–water partition coefficient (Wildman–Crippen LogP) is 0.298. The lowest BCUT2D eigenvalue weighted by atomic mass is 9.87. The van der Waals surface area contributed by atoms with Crippen LogP contribution in [0.15, 0.2) is 35.2 Å². The molecule has 10 nitrogen and oxygen atoms in total. The second kappa shape index (κ2) is 8.86. The van der Waals surface area contributed by atoms with Gasteiger partial charge in [0, 0.05) is 32.2 Å². The van der Waals surface area contributed by atoms with Gasteiger partial charge in [0.25, 0.3) is 0 Å². The fourth-order valence-electron chi connectivity index (χ4n) is 5.33. The number of piperidine rings is 2. The molecule has 4 aliphatic rings. The van der Waals surface area contributed by atoms with E-state index in [4.69, 9.17) is 9.47 Å². The highest BCUT2D eigenvalue weighted by molar-refractivity contribution is 7.89. The van der Waals surface area contributed by atoms with E-state index in [2.05, 4.69) is 10.0 Å². The molecule has 1 spiro atoms. The molecular formula is C22H30N4O6S. The van der Waals surface area contributed by atoms with Crippen LogP contribution in [0.5, 0.6) is 0 Å².